The van der Waals surface area contributed by atoms with Crippen molar-refractivity contribution < 1.29 is 14.3 Å². The van der Waals surface area contributed by atoms with Gasteiger partial charge in [-0.3, -0.25) is 9.69 Å². The van der Waals surface area contributed by atoms with E-state index in [1.165, 1.54) is 20.0 Å². The van der Waals surface area contributed by atoms with Gasteiger partial charge in [-0.15, -0.1) is 0 Å². The molecular weight excluding hydrogens is 338 g/mol. The van der Waals surface area contributed by atoms with E-state index in [9.17, 15) is 9.59 Å². The van der Waals surface area contributed by atoms with Crippen molar-refractivity contribution in [2.45, 2.75) is 51.6 Å². The molecule has 0 spiro atoms. The third-order valence-electron chi connectivity index (χ3n) is 4.86. The van der Waals surface area contributed by atoms with Gasteiger partial charge in [0, 0.05) is 19.1 Å². The Morgan fingerprint density at radius 1 is 1.40 bits per heavy atom. The second kappa shape index (κ2) is 11.8. The van der Waals surface area contributed by atoms with Crippen molar-refractivity contribution in [3.63, 3.8) is 0 Å². The zero-order valence-electron chi connectivity index (χ0n) is 16.1. The highest BCUT2D eigenvalue weighted by atomic mass is 32.2. The molecule has 25 heavy (non-hydrogen) atoms. The van der Waals surface area contributed by atoms with Crippen molar-refractivity contribution >= 4 is 23.6 Å². The van der Waals surface area contributed by atoms with Crippen LogP contribution in [-0.4, -0.2) is 67.6 Å². The summed E-state index contributed by atoms with van der Waals surface area (Å²) in [6.07, 6.45) is 6.05. The summed E-state index contributed by atoms with van der Waals surface area (Å²) < 4.78 is 4.80. The van der Waals surface area contributed by atoms with Crippen LogP contribution in [-0.2, 0) is 14.3 Å². The Bertz CT molecular complexity index is 418. The maximum absolute atomic E-state index is 12.5. The fourth-order valence-corrected chi connectivity index (χ4v) is 3.19. The van der Waals surface area contributed by atoms with Crippen LogP contribution in [0.3, 0.4) is 0 Å². The molecule has 3 N–H and O–H groups in total. The zero-order valence-corrected chi connectivity index (χ0v) is 16.9. The molecule has 1 aliphatic carbocycles. The summed E-state index contributed by atoms with van der Waals surface area (Å²) in [7, 11) is 1.35. The summed E-state index contributed by atoms with van der Waals surface area (Å²) in [6, 6.07) is -0.514. The van der Waals surface area contributed by atoms with Crippen LogP contribution in [0.15, 0.2) is 0 Å². The zero-order chi connectivity index (χ0) is 18.8. The van der Waals surface area contributed by atoms with E-state index in [0.29, 0.717) is 24.8 Å². The first kappa shape index (κ1) is 22.3. The molecule has 6 nitrogen and oxygen atoms in total. The molecule has 0 saturated heterocycles. The van der Waals surface area contributed by atoms with Crippen molar-refractivity contribution in [2.24, 2.45) is 17.6 Å². The van der Waals surface area contributed by atoms with Gasteiger partial charge in [0.1, 0.15) is 6.04 Å². The summed E-state index contributed by atoms with van der Waals surface area (Å²) in [4.78, 5) is 26.5. The Labute approximate surface area is 156 Å². The first-order valence-corrected chi connectivity index (χ1v) is 10.6. The van der Waals surface area contributed by atoms with Crippen LogP contribution in [0.5, 0.6) is 0 Å². The number of methoxy groups -OCH3 is 1. The Hall–Kier alpha value is -0.790. The number of amides is 1. The van der Waals surface area contributed by atoms with Gasteiger partial charge in [0.15, 0.2) is 0 Å². The Balaban J connectivity index is 2.57. The van der Waals surface area contributed by atoms with Crippen LogP contribution in [0.4, 0.5) is 0 Å². The number of nitrogens with one attached hydrogen (secondary N) is 1. The molecule has 3 atom stereocenters. The molecule has 0 bridgehead atoms. The third kappa shape index (κ3) is 8.92. The molecule has 1 fully saturated rings. The summed E-state index contributed by atoms with van der Waals surface area (Å²) in [5, 5.41) is 2.83. The number of hydrogen-bond donors (Lipinski definition) is 2. The number of nitrogens with zero attached hydrogens (tertiary/aromatic N) is 1. The van der Waals surface area contributed by atoms with E-state index in [2.05, 4.69) is 24.1 Å². The minimum absolute atomic E-state index is 0.0597. The molecule has 1 saturated carbocycles. The lowest BCUT2D eigenvalue weighted by Crippen LogP contribution is -2.49. The van der Waals surface area contributed by atoms with E-state index in [-0.39, 0.29) is 24.5 Å². The van der Waals surface area contributed by atoms with Gasteiger partial charge in [-0.05, 0) is 43.1 Å². The van der Waals surface area contributed by atoms with E-state index in [0.717, 1.165) is 18.7 Å². The molecule has 1 rings (SSSR count). The van der Waals surface area contributed by atoms with Gasteiger partial charge in [0.25, 0.3) is 0 Å². The monoisotopic (exact) mass is 373 g/mol. The highest BCUT2D eigenvalue weighted by Gasteiger charge is 2.28. The SMILES string of the molecule is CCC(C)[C@H](N)CN(CC(=O)N[C@@H](CCSC)C(=O)OC)CC1CC1. The van der Waals surface area contributed by atoms with Gasteiger partial charge in [0.05, 0.1) is 13.7 Å². The highest BCUT2D eigenvalue weighted by Crippen LogP contribution is 2.29. The second-order valence-electron chi connectivity index (χ2n) is 7.11. The average Bonchev–Trinajstić information content (AvgIpc) is 3.40. The first-order chi connectivity index (χ1) is 11.9. The molecule has 0 aliphatic heterocycles. The van der Waals surface area contributed by atoms with Crippen LogP contribution in [0.1, 0.15) is 39.5 Å². The Morgan fingerprint density at radius 2 is 2.08 bits per heavy atom. The highest BCUT2D eigenvalue weighted by molar-refractivity contribution is 7.98. The largest absolute Gasteiger partial charge is 0.467 e. The van der Waals surface area contributed by atoms with E-state index in [4.69, 9.17) is 10.5 Å². The molecule has 7 heteroatoms. The van der Waals surface area contributed by atoms with E-state index >= 15 is 0 Å². The lowest BCUT2D eigenvalue weighted by Gasteiger charge is -2.28. The number of thioether (sulfide) groups is 1. The lowest BCUT2D eigenvalue weighted by atomic mass is 9.99. The fraction of sp³-hybridized carbons (Fsp3) is 0.889. The van der Waals surface area contributed by atoms with Gasteiger partial charge < -0.3 is 15.8 Å². The van der Waals surface area contributed by atoms with Gasteiger partial charge in [-0.25, -0.2) is 4.79 Å². The quantitative estimate of drug-likeness (QED) is 0.476. The van der Waals surface area contributed by atoms with Crippen LogP contribution >= 0.6 is 11.8 Å². The maximum Gasteiger partial charge on any atom is 0.328 e. The lowest BCUT2D eigenvalue weighted by molar-refractivity contribution is -0.145. The van der Waals surface area contributed by atoms with Gasteiger partial charge in [0.2, 0.25) is 5.91 Å². The average molecular weight is 374 g/mol. The molecule has 1 aliphatic rings. The summed E-state index contributed by atoms with van der Waals surface area (Å²) in [6.45, 7) is 6.19. The van der Waals surface area contributed by atoms with Gasteiger partial charge in [-0.2, -0.15) is 11.8 Å². The topological polar surface area (TPSA) is 84.7 Å². The van der Waals surface area contributed by atoms with Crippen molar-refractivity contribution in [1.29, 1.82) is 0 Å². The molecule has 0 aromatic carbocycles. The fourth-order valence-electron chi connectivity index (χ4n) is 2.72. The molecule has 1 amide bonds. The van der Waals surface area contributed by atoms with Crippen molar-refractivity contribution in [2.75, 3.05) is 38.8 Å². The minimum Gasteiger partial charge on any atom is -0.467 e. The van der Waals surface area contributed by atoms with E-state index < -0.39 is 6.04 Å². The van der Waals surface area contributed by atoms with Crippen molar-refractivity contribution in [1.82, 2.24) is 10.2 Å². The molecule has 0 heterocycles. The summed E-state index contributed by atoms with van der Waals surface area (Å²) in [5.41, 5.74) is 6.29. The number of rotatable bonds is 13. The minimum atomic E-state index is -0.573. The molecule has 0 aromatic heterocycles. The van der Waals surface area contributed by atoms with E-state index in [1.54, 1.807) is 11.8 Å². The Morgan fingerprint density at radius 3 is 2.60 bits per heavy atom. The van der Waals surface area contributed by atoms with Crippen molar-refractivity contribution in [3.8, 4) is 0 Å². The second-order valence-corrected chi connectivity index (χ2v) is 8.10. The van der Waals surface area contributed by atoms with E-state index in [1.807, 2.05) is 6.26 Å². The number of hydrogen-bond acceptors (Lipinski definition) is 6. The smallest absolute Gasteiger partial charge is 0.328 e. The number of ether oxygens (including phenoxy) is 1. The van der Waals surface area contributed by atoms with Gasteiger partial charge >= 0.3 is 5.97 Å². The predicted octanol–water partition coefficient (Wildman–Crippen LogP) is 1.48. The molecule has 1 unspecified atom stereocenters. The standard InChI is InChI=1S/C18H35N3O3S/c1-5-13(2)15(19)11-21(10-14-6-7-14)12-17(22)20-16(8-9-25-4)18(23)24-3/h13-16H,5-12,19H2,1-4H3,(H,20,22)/t13?,15-,16+/m1/s1. The summed E-state index contributed by atoms with van der Waals surface area (Å²) in [5.74, 6) is 1.39. The van der Waals surface area contributed by atoms with Crippen LogP contribution in [0.2, 0.25) is 0 Å². The van der Waals surface area contributed by atoms with Crippen LogP contribution in [0.25, 0.3) is 0 Å². The molecular formula is C18H35N3O3S. The Kier molecular flexibility index (Phi) is 10.5. The predicted molar refractivity (Wildman–Crippen MR) is 104 cm³/mol. The molecule has 0 aromatic rings. The summed E-state index contributed by atoms with van der Waals surface area (Å²) >= 11 is 1.64. The van der Waals surface area contributed by atoms with Crippen LogP contribution in [0, 0.1) is 11.8 Å². The maximum atomic E-state index is 12.5. The number of nitrogens with two attached hydrogens (primary N) is 1. The van der Waals surface area contributed by atoms with Gasteiger partial charge in [-0.1, -0.05) is 20.3 Å². The number of esters is 1. The first-order valence-electron chi connectivity index (χ1n) is 9.25. The third-order valence-corrected chi connectivity index (χ3v) is 5.50. The number of carbonyl (C=O) groups excluding carboxylic acids is 2. The van der Waals surface area contributed by atoms with Crippen molar-refractivity contribution in [3.05, 3.63) is 0 Å². The van der Waals surface area contributed by atoms with Crippen LogP contribution < -0.4 is 11.1 Å². The number of carbonyl (C=O) groups is 2. The molecule has 0 radical (unpaired) electrons. The normalized spacial score (nSPS) is 17.8. The molecule has 146 valence electrons.